The van der Waals surface area contributed by atoms with Crippen molar-refractivity contribution in [1.29, 1.82) is 0 Å². The molecule has 0 aromatic heterocycles. The fourth-order valence-electron chi connectivity index (χ4n) is 2.73. The molecule has 0 saturated carbocycles. The molecule has 0 spiro atoms. The van der Waals surface area contributed by atoms with E-state index in [4.69, 9.17) is 4.74 Å². The largest absolute Gasteiger partial charge is 0.466 e. The first kappa shape index (κ1) is 12.1. The molecule has 2 bridgehead atoms. The molecule has 0 radical (unpaired) electrons. The van der Waals surface area contributed by atoms with Crippen LogP contribution in [0.25, 0.3) is 0 Å². The van der Waals surface area contributed by atoms with Gasteiger partial charge in [-0.2, -0.15) is 0 Å². The first-order valence-electron chi connectivity index (χ1n) is 5.83. The van der Waals surface area contributed by atoms with Crippen molar-refractivity contribution < 1.29 is 9.53 Å². The second-order valence-corrected chi connectivity index (χ2v) is 5.49. The normalized spacial score (nSPS) is 26.6. The Morgan fingerprint density at radius 1 is 1.44 bits per heavy atom. The van der Waals surface area contributed by atoms with Crippen LogP contribution in [0.4, 0.5) is 0 Å². The Bertz CT molecular complexity index is 344. The van der Waals surface area contributed by atoms with E-state index >= 15 is 0 Å². The number of halogens is 1. The molecule has 0 N–H and O–H groups in total. The van der Waals surface area contributed by atoms with E-state index in [1.54, 1.807) is 0 Å². The van der Waals surface area contributed by atoms with Crippen molar-refractivity contribution in [2.24, 2.45) is 11.8 Å². The van der Waals surface area contributed by atoms with Gasteiger partial charge in [0.05, 0.1) is 7.11 Å². The van der Waals surface area contributed by atoms with E-state index in [0.29, 0.717) is 11.8 Å². The molecule has 2 nitrogen and oxygen atoms in total. The summed E-state index contributed by atoms with van der Waals surface area (Å²) in [5.41, 5.74) is 2.31. The van der Waals surface area contributed by atoms with Gasteiger partial charge in [0.15, 0.2) is 0 Å². The van der Waals surface area contributed by atoms with Crippen molar-refractivity contribution in [2.45, 2.75) is 25.7 Å². The predicted octanol–water partition coefficient (Wildman–Crippen LogP) is 3.27. The fourth-order valence-corrected chi connectivity index (χ4v) is 3.27. The first-order chi connectivity index (χ1) is 7.77. The molecule has 0 unspecified atom stereocenters. The molecule has 2 aliphatic rings. The third kappa shape index (κ3) is 2.19. The zero-order chi connectivity index (χ0) is 11.5. The Balaban J connectivity index is 2.10. The minimum Gasteiger partial charge on any atom is -0.466 e. The summed E-state index contributed by atoms with van der Waals surface area (Å²) in [6.45, 7) is 0. The van der Waals surface area contributed by atoms with Gasteiger partial charge in [0, 0.05) is 11.5 Å². The fraction of sp³-hybridized carbons (Fsp3) is 0.615. The van der Waals surface area contributed by atoms with Crippen LogP contribution in [0, 0.1) is 11.8 Å². The van der Waals surface area contributed by atoms with Crippen LogP contribution in [0.3, 0.4) is 0 Å². The van der Waals surface area contributed by atoms with Crippen LogP contribution in [0.2, 0.25) is 0 Å². The van der Waals surface area contributed by atoms with Gasteiger partial charge < -0.3 is 4.74 Å². The standard InChI is InChI=1S/C13H17IO2/c1-16-13(15)12-10-6-5-9(8-10)11(12)4-2-3-7-14/h5-6,9-10H,2-4,7-8H2,1H3/t9-,10+/m1/s1. The van der Waals surface area contributed by atoms with E-state index in [2.05, 4.69) is 34.7 Å². The number of ether oxygens (including phenoxy) is 1. The van der Waals surface area contributed by atoms with Crippen LogP contribution in [-0.4, -0.2) is 17.5 Å². The number of alkyl halides is 1. The molecule has 0 aromatic rings. The van der Waals surface area contributed by atoms with Crippen molar-refractivity contribution in [3.8, 4) is 0 Å². The van der Waals surface area contributed by atoms with E-state index < -0.39 is 0 Å². The van der Waals surface area contributed by atoms with Gasteiger partial charge in [-0.15, -0.1) is 0 Å². The molecular weight excluding hydrogens is 315 g/mol. The summed E-state index contributed by atoms with van der Waals surface area (Å²) in [6, 6.07) is 0. The lowest BCUT2D eigenvalue weighted by atomic mass is 9.93. The number of hydrogen-bond donors (Lipinski definition) is 0. The van der Waals surface area contributed by atoms with Crippen molar-refractivity contribution in [3.63, 3.8) is 0 Å². The summed E-state index contributed by atoms with van der Waals surface area (Å²) < 4.78 is 6.09. The summed E-state index contributed by atoms with van der Waals surface area (Å²) in [4.78, 5) is 11.7. The molecule has 2 atom stereocenters. The number of hydrogen-bond acceptors (Lipinski definition) is 2. The number of esters is 1. The highest BCUT2D eigenvalue weighted by Crippen LogP contribution is 2.46. The van der Waals surface area contributed by atoms with Gasteiger partial charge in [0.1, 0.15) is 0 Å². The van der Waals surface area contributed by atoms with E-state index in [1.807, 2.05) is 0 Å². The minimum atomic E-state index is -0.110. The van der Waals surface area contributed by atoms with E-state index in [9.17, 15) is 4.79 Å². The van der Waals surface area contributed by atoms with Gasteiger partial charge in [0.25, 0.3) is 0 Å². The summed E-state index contributed by atoms with van der Waals surface area (Å²) >= 11 is 2.40. The smallest absolute Gasteiger partial charge is 0.334 e. The molecule has 0 aromatic carbocycles. The highest BCUT2D eigenvalue weighted by Gasteiger charge is 2.38. The van der Waals surface area contributed by atoms with Crippen molar-refractivity contribution in [3.05, 3.63) is 23.3 Å². The average molecular weight is 332 g/mol. The molecule has 0 aliphatic heterocycles. The second-order valence-electron chi connectivity index (χ2n) is 4.41. The first-order valence-corrected chi connectivity index (χ1v) is 7.36. The summed E-state index contributed by atoms with van der Waals surface area (Å²) in [6.07, 6.45) is 9.02. The van der Waals surface area contributed by atoms with Gasteiger partial charge in [-0.05, 0) is 36.0 Å². The zero-order valence-electron chi connectivity index (χ0n) is 9.54. The monoisotopic (exact) mass is 332 g/mol. The van der Waals surface area contributed by atoms with Crippen molar-refractivity contribution in [1.82, 2.24) is 0 Å². The van der Waals surface area contributed by atoms with Gasteiger partial charge >= 0.3 is 5.97 Å². The Hall–Kier alpha value is -0.320. The van der Waals surface area contributed by atoms with Gasteiger partial charge in [0.2, 0.25) is 0 Å². The van der Waals surface area contributed by atoms with Gasteiger partial charge in [-0.3, -0.25) is 0 Å². The number of rotatable bonds is 5. The maximum Gasteiger partial charge on any atom is 0.334 e. The molecule has 88 valence electrons. The average Bonchev–Trinajstić information content (AvgIpc) is 2.88. The Kier molecular flexibility index (Phi) is 4.05. The number of allylic oxidation sites excluding steroid dienone is 3. The van der Waals surface area contributed by atoms with Crippen molar-refractivity contribution >= 4 is 28.6 Å². The lowest BCUT2D eigenvalue weighted by molar-refractivity contribution is -0.136. The highest BCUT2D eigenvalue weighted by molar-refractivity contribution is 14.1. The molecule has 0 fully saturated rings. The molecule has 2 rings (SSSR count). The summed E-state index contributed by atoms with van der Waals surface area (Å²) in [5, 5.41) is 0. The topological polar surface area (TPSA) is 26.3 Å². The SMILES string of the molecule is COC(=O)C1=C(CCCCI)[C@@H]2C=C[C@H]1C2. The molecule has 0 amide bonds. The van der Waals surface area contributed by atoms with Gasteiger partial charge in [-0.1, -0.05) is 40.3 Å². The van der Waals surface area contributed by atoms with Crippen LogP contribution in [0.5, 0.6) is 0 Å². The lowest BCUT2D eigenvalue weighted by Crippen LogP contribution is -2.12. The molecule has 16 heavy (non-hydrogen) atoms. The second kappa shape index (κ2) is 5.34. The Morgan fingerprint density at radius 3 is 2.88 bits per heavy atom. The highest BCUT2D eigenvalue weighted by atomic mass is 127. The Labute approximate surface area is 110 Å². The third-order valence-electron chi connectivity index (χ3n) is 3.48. The van der Waals surface area contributed by atoms with Crippen LogP contribution >= 0.6 is 22.6 Å². The van der Waals surface area contributed by atoms with E-state index in [1.165, 1.54) is 30.0 Å². The molecular formula is C13H17IO2. The number of unbranched alkanes of at least 4 members (excludes halogenated alkanes) is 1. The quantitative estimate of drug-likeness (QED) is 0.254. The van der Waals surface area contributed by atoms with Crippen LogP contribution in [0.1, 0.15) is 25.7 Å². The molecule has 0 heterocycles. The summed E-state index contributed by atoms with van der Waals surface area (Å²) in [7, 11) is 1.48. The van der Waals surface area contributed by atoms with Crippen LogP contribution in [0.15, 0.2) is 23.3 Å². The molecule has 0 saturated heterocycles. The third-order valence-corrected chi connectivity index (χ3v) is 4.25. The maximum atomic E-state index is 11.7. The number of carbonyl (C=O) groups excluding carboxylic acids is 1. The maximum absolute atomic E-state index is 11.7. The summed E-state index contributed by atoms with van der Waals surface area (Å²) in [5.74, 6) is 0.752. The number of fused-ring (bicyclic) bond motifs is 2. The Morgan fingerprint density at radius 2 is 2.19 bits per heavy atom. The van der Waals surface area contributed by atoms with E-state index in [-0.39, 0.29) is 5.97 Å². The van der Waals surface area contributed by atoms with Crippen molar-refractivity contribution in [2.75, 3.05) is 11.5 Å². The number of carbonyl (C=O) groups is 1. The zero-order valence-corrected chi connectivity index (χ0v) is 11.7. The lowest BCUT2D eigenvalue weighted by Gasteiger charge is -2.14. The van der Waals surface area contributed by atoms with Crippen LogP contribution in [-0.2, 0) is 9.53 Å². The van der Waals surface area contributed by atoms with Crippen LogP contribution < -0.4 is 0 Å². The predicted molar refractivity (Wildman–Crippen MR) is 72.5 cm³/mol. The molecule has 2 aliphatic carbocycles. The van der Waals surface area contributed by atoms with E-state index in [0.717, 1.165) is 18.4 Å². The minimum absolute atomic E-state index is 0.110. The molecule has 3 heteroatoms. The number of methoxy groups -OCH3 is 1. The van der Waals surface area contributed by atoms with Gasteiger partial charge in [-0.25, -0.2) is 4.79 Å².